The molecule has 2 amide bonds. The van der Waals surface area contributed by atoms with Crippen LogP contribution in [0.5, 0.6) is 0 Å². The molecule has 2 aromatic rings. The molecule has 2 aliphatic heterocycles. The highest BCUT2D eigenvalue weighted by molar-refractivity contribution is 5.99. The molecule has 4 saturated carbocycles. The van der Waals surface area contributed by atoms with E-state index in [1.54, 1.807) is 13.0 Å². The Labute approximate surface area is 234 Å². The van der Waals surface area contributed by atoms with Crippen LogP contribution in [0.1, 0.15) is 69.7 Å². The summed E-state index contributed by atoms with van der Waals surface area (Å²) in [5.41, 5.74) is 1.43. The topological polar surface area (TPSA) is 87.5 Å². The minimum absolute atomic E-state index is 0.178. The van der Waals surface area contributed by atoms with Gasteiger partial charge < -0.3 is 4.90 Å². The smallest absolute Gasteiger partial charge is 0.264 e. The lowest BCUT2D eigenvalue weighted by molar-refractivity contribution is -0.135. The van der Waals surface area contributed by atoms with Crippen LogP contribution in [0.2, 0.25) is 0 Å². The van der Waals surface area contributed by atoms with Crippen LogP contribution in [-0.2, 0) is 9.59 Å². The number of alkyl halides is 1. The number of hydrogen-bond acceptors (Lipinski definition) is 6. The zero-order valence-corrected chi connectivity index (χ0v) is 23.4. The van der Waals surface area contributed by atoms with Crippen LogP contribution in [0.15, 0.2) is 23.0 Å². The van der Waals surface area contributed by atoms with E-state index in [1.807, 2.05) is 17.0 Å². The van der Waals surface area contributed by atoms with E-state index in [0.717, 1.165) is 30.8 Å². The molecular formula is C31H40FN5O3. The van der Waals surface area contributed by atoms with Gasteiger partial charge in [0, 0.05) is 26.1 Å². The first kappa shape index (κ1) is 26.1. The number of imide groups is 1. The molecule has 2 saturated heterocycles. The van der Waals surface area contributed by atoms with Gasteiger partial charge in [0.05, 0.1) is 22.6 Å². The number of halogens is 1. The molecule has 8 nitrogen and oxygen atoms in total. The number of hydrogen-bond donors (Lipinski definition) is 1. The number of nitrogens with one attached hydrogen (secondary N) is 1. The van der Waals surface area contributed by atoms with Gasteiger partial charge in [-0.1, -0.05) is 6.07 Å². The van der Waals surface area contributed by atoms with Gasteiger partial charge in [-0.2, -0.15) is 0 Å². The molecule has 8 rings (SSSR count). The number of rotatable bonds is 6. The summed E-state index contributed by atoms with van der Waals surface area (Å²) in [6, 6.07) is 4.42. The summed E-state index contributed by atoms with van der Waals surface area (Å²) >= 11 is 0. The Kier molecular flexibility index (Phi) is 6.48. The van der Waals surface area contributed by atoms with Crippen molar-refractivity contribution < 1.29 is 14.0 Å². The lowest BCUT2D eigenvalue weighted by Crippen LogP contribution is -2.55. The minimum atomic E-state index is -0.784. The van der Waals surface area contributed by atoms with E-state index >= 15 is 0 Å². The zero-order chi connectivity index (χ0) is 27.6. The van der Waals surface area contributed by atoms with E-state index in [2.05, 4.69) is 15.2 Å². The average molecular weight is 550 g/mol. The molecular weight excluding hydrogens is 509 g/mol. The molecule has 0 radical (unpaired) electrons. The van der Waals surface area contributed by atoms with E-state index in [0.29, 0.717) is 40.9 Å². The number of piperidine rings is 1. The number of aromatic nitrogens is 2. The molecule has 1 aromatic carbocycles. The Bertz CT molecular complexity index is 1370. The number of amides is 2. The molecule has 3 heterocycles. The Balaban J connectivity index is 1.12. The summed E-state index contributed by atoms with van der Waals surface area (Å²) in [4.78, 5) is 47.4. The normalized spacial score (nSPS) is 34.0. The SMILES string of the molecule is Cc1nc2cccc(N3CCN(CCC45CC6CC(CC(C6)C4)C5)CC3CF)c2c(=O)n1C1CCC(=O)NC1=O. The van der Waals surface area contributed by atoms with Crippen LogP contribution in [0.25, 0.3) is 10.9 Å². The fraction of sp³-hybridized carbons (Fsp3) is 0.677. The van der Waals surface area contributed by atoms with Crippen LogP contribution in [0.4, 0.5) is 10.1 Å². The maximum atomic E-state index is 14.6. The molecule has 1 aromatic heterocycles. The van der Waals surface area contributed by atoms with Crippen molar-refractivity contribution in [3.8, 4) is 0 Å². The summed E-state index contributed by atoms with van der Waals surface area (Å²) in [5, 5.41) is 2.77. The third-order valence-electron chi connectivity index (χ3n) is 10.8. The predicted molar refractivity (Wildman–Crippen MR) is 151 cm³/mol. The molecule has 9 heteroatoms. The standard InChI is InChI=1S/C31H40FN5O3/c1-19-33-24-3-2-4-25(28(24)30(40)37(19)26-5-6-27(38)34-29(26)39)36-10-9-35(18-23(36)17-32)8-7-31-14-20-11-21(15-31)13-22(12-20)16-31/h2-4,20-23,26H,5-18H2,1H3,(H,34,38,39). The molecule has 6 aliphatic rings. The largest absolute Gasteiger partial charge is 0.363 e. The summed E-state index contributed by atoms with van der Waals surface area (Å²) in [5.74, 6) is 2.45. The molecule has 2 unspecified atom stereocenters. The summed E-state index contributed by atoms with van der Waals surface area (Å²) in [6.07, 6.45) is 10.2. The maximum absolute atomic E-state index is 14.6. The fourth-order valence-electron chi connectivity index (χ4n) is 9.43. The quantitative estimate of drug-likeness (QED) is 0.553. The van der Waals surface area contributed by atoms with E-state index in [9.17, 15) is 18.8 Å². The number of fused-ring (bicyclic) bond motifs is 1. The highest BCUT2D eigenvalue weighted by Crippen LogP contribution is 2.61. The van der Waals surface area contributed by atoms with Gasteiger partial charge in [-0.25, -0.2) is 9.37 Å². The van der Waals surface area contributed by atoms with Gasteiger partial charge in [-0.05, 0) is 100 Å². The van der Waals surface area contributed by atoms with Gasteiger partial charge in [-0.15, -0.1) is 0 Å². The molecule has 40 heavy (non-hydrogen) atoms. The van der Waals surface area contributed by atoms with E-state index < -0.39 is 18.6 Å². The van der Waals surface area contributed by atoms with Crippen molar-refractivity contribution in [1.82, 2.24) is 19.8 Å². The molecule has 0 spiro atoms. The van der Waals surface area contributed by atoms with Crippen LogP contribution in [0.3, 0.4) is 0 Å². The van der Waals surface area contributed by atoms with Gasteiger partial charge in [0.2, 0.25) is 11.8 Å². The second kappa shape index (κ2) is 9.93. The van der Waals surface area contributed by atoms with Crippen molar-refractivity contribution in [2.24, 2.45) is 23.2 Å². The molecule has 214 valence electrons. The third kappa shape index (κ3) is 4.45. The first-order valence-corrected chi connectivity index (χ1v) is 15.2. The second-order valence-electron chi connectivity index (χ2n) is 13.4. The minimum Gasteiger partial charge on any atom is -0.363 e. The predicted octanol–water partition coefficient (Wildman–Crippen LogP) is 3.75. The fourth-order valence-corrected chi connectivity index (χ4v) is 9.43. The van der Waals surface area contributed by atoms with Crippen molar-refractivity contribution in [2.45, 2.75) is 76.8 Å². The van der Waals surface area contributed by atoms with Crippen LogP contribution in [-0.4, -0.2) is 65.2 Å². The molecule has 1 N–H and O–H groups in total. The number of carbonyl (C=O) groups is 2. The molecule has 4 bridgehead atoms. The summed E-state index contributed by atoms with van der Waals surface area (Å²) in [7, 11) is 0. The monoisotopic (exact) mass is 549 g/mol. The van der Waals surface area contributed by atoms with Crippen molar-refractivity contribution >= 4 is 28.4 Å². The lowest BCUT2D eigenvalue weighted by atomic mass is 9.49. The summed E-state index contributed by atoms with van der Waals surface area (Å²) in [6.45, 7) is 4.35. The molecule has 6 fully saturated rings. The first-order chi connectivity index (χ1) is 19.3. The second-order valence-corrected chi connectivity index (χ2v) is 13.4. The first-order valence-electron chi connectivity index (χ1n) is 15.2. The number of aryl methyl sites for hydroxylation is 1. The van der Waals surface area contributed by atoms with Crippen molar-refractivity contribution in [2.75, 3.05) is 37.8 Å². The Morgan fingerprint density at radius 2 is 1.77 bits per heavy atom. The number of anilines is 1. The van der Waals surface area contributed by atoms with E-state index in [1.165, 1.54) is 49.5 Å². The zero-order valence-electron chi connectivity index (χ0n) is 23.4. The number of benzene rings is 1. The van der Waals surface area contributed by atoms with E-state index in [4.69, 9.17) is 0 Å². The van der Waals surface area contributed by atoms with E-state index in [-0.39, 0.29) is 30.3 Å². The molecule has 2 atom stereocenters. The van der Waals surface area contributed by atoms with Gasteiger partial charge in [0.25, 0.3) is 5.56 Å². The number of nitrogens with zero attached hydrogens (tertiary/aromatic N) is 4. The average Bonchev–Trinajstić information content (AvgIpc) is 2.92. The van der Waals surface area contributed by atoms with Gasteiger partial charge in [0.15, 0.2) is 0 Å². The van der Waals surface area contributed by atoms with Crippen molar-refractivity contribution in [3.05, 3.63) is 34.4 Å². The number of piperazine rings is 1. The molecule has 4 aliphatic carbocycles. The van der Waals surface area contributed by atoms with Crippen LogP contribution < -0.4 is 15.8 Å². The van der Waals surface area contributed by atoms with Gasteiger partial charge >= 0.3 is 0 Å². The number of carbonyl (C=O) groups excluding carboxylic acids is 2. The highest BCUT2D eigenvalue weighted by atomic mass is 19.1. The highest BCUT2D eigenvalue weighted by Gasteiger charge is 2.50. The van der Waals surface area contributed by atoms with Gasteiger partial charge in [0.1, 0.15) is 18.5 Å². The van der Waals surface area contributed by atoms with Crippen LogP contribution >= 0.6 is 0 Å². The third-order valence-corrected chi connectivity index (χ3v) is 10.8. The van der Waals surface area contributed by atoms with Crippen molar-refractivity contribution in [1.29, 1.82) is 0 Å². The Hall–Kier alpha value is -2.81. The lowest BCUT2D eigenvalue weighted by Gasteiger charge is -2.57. The maximum Gasteiger partial charge on any atom is 0.264 e. The summed E-state index contributed by atoms with van der Waals surface area (Å²) < 4.78 is 16.0. The van der Waals surface area contributed by atoms with Crippen LogP contribution in [0, 0.1) is 30.1 Å². The van der Waals surface area contributed by atoms with Gasteiger partial charge in [-0.3, -0.25) is 29.2 Å². The van der Waals surface area contributed by atoms with Crippen molar-refractivity contribution in [3.63, 3.8) is 0 Å². The Morgan fingerprint density at radius 3 is 2.45 bits per heavy atom. The Morgan fingerprint density at radius 1 is 1.05 bits per heavy atom.